The summed E-state index contributed by atoms with van der Waals surface area (Å²) in [5.74, 6) is 0. The van der Waals surface area contributed by atoms with Crippen LogP contribution in [0.4, 0.5) is 0 Å². The van der Waals surface area contributed by atoms with Crippen LogP contribution in [0.25, 0.3) is 21.5 Å². The van der Waals surface area contributed by atoms with Crippen LogP contribution in [0, 0.1) is 0 Å². The van der Waals surface area contributed by atoms with Gasteiger partial charge in [0.2, 0.25) is 0 Å². The average molecular weight is 515 g/mol. The molecule has 0 saturated carbocycles. The van der Waals surface area contributed by atoms with E-state index in [1.54, 1.807) is 24.3 Å². The van der Waals surface area contributed by atoms with Crippen molar-refractivity contribution >= 4 is 82.6 Å². The molecule has 4 rings (SSSR count). The molecule has 0 aliphatic carbocycles. The van der Waals surface area contributed by atoms with Gasteiger partial charge in [-0.2, -0.15) is 0 Å². The van der Waals surface area contributed by atoms with Crippen molar-refractivity contribution in [2.45, 2.75) is 19.6 Å². The maximum Gasteiger partial charge on any atom is 0.261 e. The van der Waals surface area contributed by atoms with E-state index in [2.05, 4.69) is 0 Å². The molecule has 0 N–H and O–H groups in total. The maximum atomic E-state index is 12.0. The van der Waals surface area contributed by atoms with Gasteiger partial charge in [0.05, 0.1) is 9.79 Å². The summed E-state index contributed by atoms with van der Waals surface area (Å²) in [5, 5.41) is 2.57. The van der Waals surface area contributed by atoms with Gasteiger partial charge in [0.25, 0.3) is 18.1 Å². The zero-order chi connectivity index (χ0) is 21.5. The summed E-state index contributed by atoms with van der Waals surface area (Å²) in [6, 6.07) is 20.9. The molecule has 4 aromatic carbocycles. The Hall–Kier alpha value is -1.42. The second-order valence-electron chi connectivity index (χ2n) is 6.33. The van der Waals surface area contributed by atoms with Gasteiger partial charge in [-0.3, -0.25) is 0 Å². The summed E-state index contributed by atoms with van der Waals surface area (Å²) in [6.45, 7) is 0. The highest BCUT2D eigenvalue weighted by molar-refractivity contribution is 8.76. The first-order valence-corrected chi connectivity index (χ1v) is 15.2. The first kappa shape index (κ1) is 21.8. The summed E-state index contributed by atoms with van der Waals surface area (Å²) in [7, 11) is 6.01. The molecule has 4 aromatic rings. The normalized spacial score (nSPS) is 12.5. The number of hydrogen-bond donors (Lipinski definition) is 0. The van der Waals surface area contributed by atoms with Crippen molar-refractivity contribution < 1.29 is 16.8 Å². The van der Waals surface area contributed by atoms with Crippen molar-refractivity contribution in [3.05, 3.63) is 72.8 Å². The van der Waals surface area contributed by atoms with Crippen molar-refractivity contribution in [2.24, 2.45) is 0 Å². The van der Waals surface area contributed by atoms with Crippen LogP contribution in [0.3, 0.4) is 0 Å². The molecule has 0 aliphatic rings. The summed E-state index contributed by atoms with van der Waals surface area (Å²) < 4.78 is 48.2. The molecule has 0 spiro atoms. The minimum Gasteiger partial charge on any atom is -0.207 e. The van der Waals surface area contributed by atoms with E-state index in [-0.39, 0.29) is 9.79 Å². The van der Waals surface area contributed by atoms with Gasteiger partial charge in [-0.25, -0.2) is 16.8 Å². The maximum absolute atomic E-state index is 12.0. The highest BCUT2D eigenvalue weighted by Gasteiger charge is 2.18. The molecule has 0 amide bonds. The van der Waals surface area contributed by atoms with Crippen LogP contribution in [0.5, 0.6) is 0 Å². The first-order chi connectivity index (χ1) is 14.1. The number of rotatable bonds is 5. The Morgan fingerprint density at radius 1 is 0.567 bits per heavy atom. The first-order valence-electron chi connectivity index (χ1n) is 8.42. The van der Waals surface area contributed by atoms with Crippen molar-refractivity contribution in [2.75, 3.05) is 0 Å². The fourth-order valence-corrected chi connectivity index (χ4v) is 7.47. The standard InChI is InChI=1S/C20H12Cl2O4S4/c21-29(23,24)19-11-15(9-13-5-1-3-7-17(13)19)27-28-16-10-14-6-2-4-8-18(14)20(12-16)30(22,25)26/h1-12H. The number of hydrogen-bond acceptors (Lipinski definition) is 6. The smallest absolute Gasteiger partial charge is 0.207 e. The van der Waals surface area contributed by atoms with Crippen molar-refractivity contribution in [3.8, 4) is 0 Å². The molecule has 10 heteroatoms. The van der Waals surface area contributed by atoms with Gasteiger partial charge in [-0.15, -0.1) is 0 Å². The molecule has 0 fully saturated rings. The van der Waals surface area contributed by atoms with E-state index in [4.69, 9.17) is 21.4 Å². The minimum absolute atomic E-state index is 0.0351. The predicted molar refractivity (Wildman–Crippen MR) is 126 cm³/mol. The average Bonchev–Trinajstić information content (AvgIpc) is 2.69. The molecular formula is C20H12Cl2O4S4. The van der Waals surface area contributed by atoms with Gasteiger partial charge in [0, 0.05) is 41.9 Å². The minimum atomic E-state index is -3.94. The third-order valence-electron chi connectivity index (χ3n) is 4.35. The molecule has 0 radical (unpaired) electrons. The third kappa shape index (κ3) is 4.59. The summed E-state index contributed by atoms with van der Waals surface area (Å²) >= 11 is 0. The van der Waals surface area contributed by atoms with Gasteiger partial charge in [-0.05, 0) is 35.0 Å². The Bertz CT molecular complexity index is 1390. The molecule has 4 nitrogen and oxygen atoms in total. The predicted octanol–water partition coefficient (Wildman–Crippen LogP) is 6.65. The Morgan fingerprint density at radius 3 is 1.30 bits per heavy atom. The van der Waals surface area contributed by atoms with Crippen LogP contribution in [-0.4, -0.2) is 16.8 Å². The number of halogens is 2. The SMILES string of the molecule is O=S(=O)(Cl)c1cc(SSc2cc(S(=O)(=O)Cl)c3ccccc3c2)cc2ccccc12. The quantitative estimate of drug-likeness (QED) is 0.219. The summed E-state index contributed by atoms with van der Waals surface area (Å²) in [4.78, 5) is 1.41. The van der Waals surface area contributed by atoms with Crippen LogP contribution >= 0.6 is 43.0 Å². The van der Waals surface area contributed by atoms with Crippen molar-refractivity contribution in [3.63, 3.8) is 0 Å². The molecule has 154 valence electrons. The third-order valence-corrected chi connectivity index (χ3v) is 9.42. The van der Waals surface area contributed by atoms with Gasteiger partial charge in [0.1, 0.15) is 0 Å². The molecule has 30 heavy (non-hydrogen) atoms. The lowest BCUT2D eigenvalue weighted by Gasteiger charge is -2.10. The number of fused-ring (bicyclic) bond motifs is 2. The fourth-order valence-electron chi connectivity index (χ4n) is 3.09. The molecule has 0 aliphatic heterocycles. The second-order valence-corrected chi connectivity index (χ2v) is 13.7. The van der Waals surface area contributed by atoms with Crippen molar-refractivity contribution in [1.82, 2.24) is 0 Å². The largest absolute Gasteiger partial charge is 0.261 e. The van der Waals surface area contributed by atoms with Crippen LogP contribution in [0.1, 0.15) is 0 Å². The lowest BCUT2D eigenvalue weighted by Crippen LogP contribution is -1.93. The van der Waals surface area contributed by atoms with Crippen LogP contribution in [0.2, 0.25) is 0 Å². The summed E-state index contributed by atoms with van der Waals surface area (Å²) in [5.41, 5.74) is 0. The van der Waals surface area contributed by atoms with E-state index in [0.29, 0.717) is 20.6 Å². The zero-order valence-electron chi connectivity index (χ0n) is 15.0. The highest BCUT2D eigenvalue weighted by Crippen LogP contribution is 2.42. The molecular weight excluding hydrogens is 503 g/mol. The molecule has 0 atom stereocenters. The van der Waals surface area contributed by atoms with E-state index < -0.39 is 18.1 Å². The number of benzene rings is 4. The van der Waals surface area contributed by atoms with E-state index in [9.17, 15) is 16.8 Å². The Morgan fingerprint density at radius 2 is 0.933 bits per heavy atom. The van der Waals surface area contributed by atoms with Crippen LogP contribution < -0.4 is 0 Å². The van der Waals surface area contributed by atoms with Crippen LogP contribution in [-0.2, 0) is 18.1 Å². The molecule has 0 heterocycles. The van der Waals surface area contributed by atoms with Gasteiger partial charge < -0.3 is 0 Å². The molecule has 0 bridgehead atoms. The topological polar surface area (TPSA) is 68.3 Å². The monoisotopic (exact) mass is 514 g/mol. The Labute approximate surface area is 190 Å². The van der Waals surface area contributed by atoms with E-state index in [0.717, 1.165) is 10.8 Å². The molecule has 0 unspecified atom stereocenters. The Kier molecular flexibility index (Phi) is 6.00. The molecule has 0 saturated heterocycles. The second kappa shape index (κ2) is 8.26. The highest BCUT2D eigenvalue weighted by atomic mass is 35.7. The van der Waals surface area contributed by atoms with Gasteiger partial charge >= 0.3 is 0 Å². The zero-order valence-corrected chi connectivity index (χ0v) is 19.7. The van der Waals surface area contributed by atoms with Gasteiger partial charge in [0.15, 0.2) is 0 Å². The summed E-state index contributed by atoms with van der Waals surface area (Å²) in [6.07, 6.45) is 0. The van der Waals surface area contributed by atoms with E-state index >= 15 is 0 Å². The van der Waals surface area contributed by atoms with E-state index in [1.165, 1.54) is 33.7 Å². The lowest BCUT2D eigenvalue weighted by molar-refractivity contribution is 0.608. The van der Waals surface area contributed by atoms with Crippen LogP contribution in [0.15, 0.2) is 92.4 Å². The molecule has 0 aromatic heterocycles. The fraction of sp³-hybridized carbons (Fsp3) is 0. The van der Waals surface area contributed by atoms with Gasteiger partial charge in [-0.1, -0.05) is 70.1 Å². The lowest BCUT2D eigenvalue weighted by atomic mass is 10.1. The Balaban J connectivity index is 1.75. The van der Waals surface area contributed by atoms with Crippen molar-refractivity contribution in [1.29, 1.82) is 0 Å². The van der Waals surface area contributed by atoms with E-state index in [1.807, 2.05) is 36.4 Å².